The molecule has 0 aliphatic carbocycles. The van der Waals surface area contributed by atoms with Gasteiger partial charge >= 0.3 is 0 Å². The van der Waals surface area contributed by atoms with Crippen LogP contribution < -0.4 is 11.0 Å². The van der Waals surface area contributed by atoms with Crippen LogP contribution in [0.15, 0.2) is 95.0 Å². The number of benzene rings is 4. The van der Waals surface area contributed by atoms with Gasteiger partial charge in [0.15, 0.2) is 0 Å². The molecule has 392 valence electrons. The largest absolute Gasteiger partial charge is 0.338 e. The highest BCUT2D eigenvalue weighted by atomic mass is 32.1. The zero-order valence-electron chi connectivity index (χ0n) is 41.5. The molecule has 3 fully saturated rings. The number of piperazine rings is 2. The smallest absolute Gasteiger partial charge is 0.272 e. The Morgan fingerprint density at radius 3 is 1.96 bits per heavy atom. The molecule has 13 nitrogen and oxygen atoms in total. The van der Waals surface area contributed by atoms with Crippen molar-refractivity contribution in [3.05, 3.63) is 147 Å². The molecule has 2 N–H and O–H groups in total. The summed E-state index contributed by atoms with van der Waals surface area (Å²) in [5.74, 6) is -3.69. The van der Waals surface area contributed by atoms with Crippen molar-refractivity contribution in [1.82, 2.24) is 40.1 Å². The number of H-pyrrole nitrogens is 1. The van der Waals surface area contributed by atoms with E-state index in [1.54, 1.807) is 41.0 Å². The number of halogens is 4. The minimum Gasteiger partial charge on any atom is -0.338 e. The Labute approximate surface area is 432 Å². The summed E-state index contributed by atoms with van der Waals surface area (Å²) in [6, 6.07) is 18.1. The number of nitrogens with one attached hydrogen (secondary N) is 2. The molecule has 3 aliphatic heterocycles. The van der Waals surface area contributed by atoms with Crippen molar-refractivity contribution in [2.75, 3.05) is 78.5 Å². The van der Waals surface area contributed by atoms with Crippen molar-refractivity contribution >= 4 is 47.7 Å². The fraction of sp³-hybridized carbons (Fsp3) is 0.418. The number of aromatic nitrogens is 2. The minimum absolute atomic E-state index is 0. The van der Waals surface area contributed by atoms with Gasteiger partial charge in [-0.25, -0.2) is 22.7 Å². The first kappa shape index (κ1) is 57.5. The lowest BCUT2D eigenvalue weighted by molar-refractivity contribution is -0.134. The molecule has 0 radical (unpaired) electrons. The number of aromatic amines is 1. The van der Waals surface area contributed by atoms with E-state index in [0.717, 1.165) is 49.6 Å². The predicted octanol–water partition coefficient (Wildman–Crippen LogP) is 8.40. The molecule has 0 saturated carbocycles. The van der Waals surface area contributed by atoms with Gasteiger partial charge < -0.3 is 19.6 Å². The minimum atomic E-state index is -0.939. The Morgan fingerprint density at radius 2 is 1.33 bits per heavy atom. The predicted molar refractivity (Wildman–Crippen MR) is 285 cm³/mol. The molecule has 0 atom stereocenters. The highest BCUT2D eigenvalue weighted by molar-refractivity contribution is 7.59. The molecule has 0 unspecified atom stereocenters. The summed E-state index contributed by atoms with van der Waals surface area (Å²) in [5.41, 5.74) is 6.29. The summed E-state index contributed by atoms with van der Waals surface area (Å²) in [6.45, 7) is 17.5. The number of allylic oxidation sites excluding steroid dienone is 1. The molecule has 0 bridgehead atoms. The Hall–Kier alpha value is -6.37. The van der Waals surface area contributed by atoms with Crippen LogP contribution in [0.4, 0.5) is 17.6 Å². The van der Waals surface area contributed by atoms with Gasteiger partial charge in [-0.3, -0.25) is 29.5 Å². The highest BCUT2D eigenvalue weighted by Gasteiger charge is 2.32. The van der Waals surface area contributed by atoms with E-state index in [-0.39, 0.29) is 69.0 Å². The number of amides is 3. The van der Waals surface area contributed by atoms with Crippen LogP contribution in [0.3, 0.4) is 0 Å². The van der Waals surface area contributed by atoms with Crippen LogP contribution in [0.25, 0.3) is 21.9 Å². The van der Waals surface area contributed by atoms with Gasteiger partial charge in [-0.2, -0.15) is 23.7 Å². The summed E-state index contributed by atoms with van der Waals surface area (Å²) in [5, 5.41) is 11.9. The maximum atomic E-state index is 15.3. The molecule has 5 aromatic rings. The van der Waals surface area contributed by atoms with Crippen LogP contribution in [0.5, 0.6) is 0 Å². The van der Waals surface area contributed by atoms with Gasteiger partial charge in [0.1, 0.15) is 28.8 Å². The average Bonchev–Trinajstić information content (AvgIpc) is 3.37. The van der Waals surface area contributed by atoms with E-state index in [0.29, 0.717) is 104 Å². The number of fused-ring (bicyclic) bond motifs is 1. The third-order valence-electron chi connectivity index (χ3n) is 13.5. The highest BCUT2D eigenvalue weighted by Crippen LogP contribution is 2.29. The van der Waals surface area contributed by atoms with Crippen LogP contribution in [0, 0.1) is 29.2 Å². The van der Waals surface area contributed by atoms with Crippen LogP contribution in [0.2, 0.25) is 0 Å². The fourth-order valence-electron chi connectivity index (χ4n) is 9.18. The van der Waals surface area contributed by atoms with Crippen LogP contribution in [-0.2, 0) is 17.6 Å². The van der Waals surface area contributed by atoms with E-state index >= 15 is 13.2 Å². The van der Waals surface area contributed by atoms with Crippen molar-refractivity contribution < 1.29 is 31.9 Å². The van der Waals surface area contributed by atoms with Gasteiger partial charge in [0.2, 0.25) is 5.91 Å². The number of rotatable bonds is 13. The maximum Gasteiger partial charge on any atom is 0.272 e. The van der Waals surface area contributed by atoms with E-state index in [9.17, 15) is 23.6 Å². The number of hydrogen-bond acceptors (Lipinski definition) is 9. The molecule has 18 heteroatoms. The summed E-state index contributed by atoms with van der Waals surface area (Å²) in [4.78, 5) is 61.7. The molecular weight excluding hydrogens is 959 g/mol. The molecule has 4 aromatic carbocycles. The zero-order valence-corrected chi connectivity index (χ0v) is 42.5. The molecule has 3 saturated heterocycles. The first-order valence-corrected chi connectivity index (χ1v) is 24.4. The third-order valence-corrected chi connectivity index (χ3v) is 13.5. The fourth-order valence-corrected chi connectivity index (χ4v) is 9.18. The zero-order chi connectivity index (χ0) is 50.8. The van der Waals surface area contributed by atoms with Crippen molar-refractivity contribution in [3.63, 3.8) is 0 Å². The number of nitrogens with zero attached hydrogens (tertiary/aromatic N) is 7. The number of hydrazone groups is 1. The second-order valence-corrected chi connectivity index (χ2v) is 18.6. The number of hydrogen-bond donors (Lipinski definition) is 2. The van der Waals surface area contributed by atoms with Crippen molar-refractivity contribution in [2.24, 2.45) is 11.0 Å². The standard InChI is InChI=1S/C47H49F4N7O4.C7H14N2.CH4.H2S/c1-2-32-25-33(8-10-38(32)48)34-26-40(50)44(41(51)27-34)47(62)57-13-11-30(12-14-57)28-54-15-17-55(18-16-54)29-43(59)56-19-21-58(22-20-56)46(61)37-23-31(7-9-39(37)49)24-42-35-5-3-4-6-36(35)45(60)53-52-42;1-5-7(4)9-8-6(2)3;;/h3-10,23,25-27,30H,2,11-22,24,28-29H2,1H3,(H,53,60);8H,2,5H2,1,3-4H3;1H4;1H2/b;9-7+;;. The Kier molecular flexibility index (Phi) is 20.9. The van der Waals surface area contributed by atoms with Crippen molar-refractivity contribution in [1.29, 1.82) is 0 Å². The van der Waals surface area contributed by atoms with Gasteiger partial charge in [0.05, 0.1) is 23.2 Å². The van der Waals surface area contributed by atoms with Crippen LogP contribution >= 0.6 is 13.5 Å². The van der Waals surface area contributed by atoms with E-state index in [1.807, 2.05) is 26.0 Å². The molecule has 3 aliphatic rings. The van der Waals surface area contributed by atoms with E-state index in [2.05, 4.69) is 44.0 Å². The van der Waals surface area contributed by atoms with E-state index < -0.39 is 34.8 Å². The quantitative estimate of drug-likeness (QED) is 0.0682. The lowest BCUT2D eigenvalue weighted by Gasteiger charge is -2.40. The summed E-state index contributed by atoms with van der Waals surface area (Å²) >= 11 is 0. The summed E-state index contributed by atoms with van der Waals surface area (Å²) in [7, 11) is 0. The second-order valence-electron chi connectivity index (χ2n) is 18.6. The third kappa shape index (κ3) is 14.7. The number of carbonyl (C=O) groups is 3. The van der Waals surface area contributed by atoms with Crippen LogP contribution in [0.1, 0.15) is 91.9 Å². The average molecular weight is 1030 g/mol. The normalized spacial score (nSPS) is 15.7. The van der Waals surface area contributed by atoms with Gasteiger partial charge in [-0.05, 0) is 110 Å². The molecule has 3 amide bonds. The number of aryl methyl sites for hydroxylation is 1. The van der Waals surface area contributed by atoms with Crippen molar-refractivity contribution in [3.8, 4) is 11.1 Å². The first-order chi connectivity index (χ1) is 34.1. The van der Waals surface area contributed by atoms with E-state index in [4.69, 9.17) is 0 Å². The van der Waals surface area contributed by atoms with Crippen LogP contribution in [-0.4, -0.2) is 137 Å². The molecule has 1 aromatic heterocycles. The summed E-state index contributed by atoms with van der Waals surface area (Å²) in [6.07, 6.45) is 3.13. The summed E-state index contributed by atoms with van der Waals surface area (Å²) < 4.78 is 59.5. The van der Waals surface area contributed by atoms with Gasteiger partial charge in [0, 0.05) is 95.2 Å². The maximum absolute atomic E-state index is 15.3. The monoisotopic (exact) mass is 1030 g/mol. The lowest BCUT2D eigenvalue weighted by Crippen LogP contribution is -2.55. The van der Waals surface area contributed by atoms with Gasteiger partial charge in [0.25, 0.3) is 17.4 Å². The molecule has 0 spiro atoms. The Balaban J connectivity index is 0.000000821. The molecule has 73 heavy (non-hydrogen) atoms. The SMILES string of the molecule is C.C=C(C)N/N=C(\C)CC.CCc1cc(-c2cc(F)c(C(=O)N3CCC(CN4CCN(CC(=O)N5CCN(C(=O)c6cc(Cc7n[nH]c(=O)c8ccccc78)ccc6F)CC5)CC4)CC3)c(F)c2)ccc1F.S. The first-order valence-electron chi connectivity index (χ1n) is 24.4. The molecular formula is C55H69F4N9O4S. The van der Waals surface area contributed by atoms with Gasteiger partial charge in [-0.1, -0.05) is 58.2 Å². The number of likely N-dealkylation sites (tertiary alicyclic amines) is 1. The Bertz CT molecular complexity index is 2810. The van der Waals surface area contributed by atoms with Gasteiger partial charge in [-0.15, -0.1) is 0 Å². The topological polar surface area (TPSA) is 138 Å². The molecule has 4 heterocycles. The molecule has 8 rings (SSSR count). The lowest BCUT2D eigenvalue weighted by atomic mass is 9.95. The van der Waals surface area contributed by atoms with E-state index in [1.165, 1.54) is 29.2 Å². The Morgan fingerprint density at radius 1 is 0.726 bits per heavy atom. The number of piperidine rings is 1. The number of carbonyl (C=O) groups excluding carboxylic acids is 3. The van der Waals surface area contributed by atoms with Crippen molar-refractivity contribution in [2.45, 2.75) is 67.2 Å². The second kappa shape index (κ2) is 26.5.